The third-order valence-corrected chi connectivity index (χ3v) is 7.50. The molecule has 0 unspecified atom stereocenters. The first-order valence-electron chi connectivity index (χ1n) is 11.2. The summed E-state index contributed by atoms with van der Waals surface area (Å²) >= 11 is 0. The van der Waals surface area contributed by atoms with Crippen LogP contribution in [0, 0.1) is 25.7 Å². The summed E-state index contributed by atoms with van der Waals surface area (Å²) in [6, 6.07) is 10.8. The van der Waals surface area contributed by atoms with Gasteiger partial charge in [-0.2, -0.15) is 0 Å². The number of nitrogens with zero attached hydrogens (tertiary/aromatic N) is 1. The molecule has 32 heavy (non-hydrogen) atoms. The molecule has 1 fully saturated rings. The summed E-state index contributed by atoms with van der Waals surface area (Å²) in [5.74, 6) is 1.49. The maximum absolute atomic E-state index is 13.8. The fraction of sp³-hybridized carbons (Fsp3) is 0.520. The van der Waals surface area contributed by atoms with Gasteiger partial charge >= 0.3 is 0 Å². The summed E-state index contributed by atoms with van der Waals surface area (Å²) in [7, 11) is -2.36. The lowest BCUT2D eigenvalue weighted by atomic mass is 10.0. The standard InChI is InChI=1S/C25H35NO5S/c1-18(2)16-26(23-8-6-19(3)14-20(23)4)32(27,28)25-9-7-22(15-24(25)29-5)31-17-21-10-12-30-13-11-21/h6-9,14-15,18,21H,10-13,16-17H2,1-5H3. The molecule has 0 amide bonds. The van der Waals surface area contributed by atoms with Crippen molar-refractivity contribution in [3.63, 3.8) is 0 Å². The zero-order valence-electron chi connectivity index (χ0n) is 19.8. The summed E-state index contributed by atoms with van der Waals surface area (Å²) in [5.41, 5.74) is 2.70. The van der Waals surface area contributed by atoms with Crippen molar-refractivity contribution in [2.45, 2.75) is 45.4 Å². The lowest BCUT2D eigenvalue weighted by Gasteiger charge is -2.28. The van der Waals surface area contributed by atoms with Crippen molar-refractivity contribution in [1.82, 2.24) is 0 Å². The van der Waals surface area contributed by atoms with Crippen LogP contribution < -0.4 is 13.8 Å². The summed E-state index contributed by atoms with van der Waals surface area (Å²) in [4.78, 5) is 0.138. The van der Waals surface area contributed by atoms with Crippen LogP contribution in [-0.2, 0) is 14.8 Å². The van der Waals surface area contributed by atoms with Crippen LogP contribution >= 0.6 is 0 Å². The SMILES string of the molecule is COc1cc(OCC2CCOCC2)ccc1S(=O)(=O)N(CC(C)C)c1ccc(C)cc1C. The Morgan fingerprint density at radius 3 is 2.44 bits per heavy atom. The molecule has 176 valence electrons. The van der Waals surface area contributed by atoms with Crippen molar-refractivity contribution in [1.29, 1.82) is 0 Å². The van der Waals surface area contributed by atoms with Crippen molar-refractivity contribution >= 4 is 15.7 Å². The number of sulfonamides is 1. The second-order valence-electron chi connectivity index (χ2n) is 8.90. The zero-order chi connectivity index (χ0) is 23.3. The molecule has 0 N–H and O–H groups in total. The molecule has 0 atom stereocenters. The lowest BCUT2D eigenvalue weighted by molar-refractivity contribution is 0.0497. The normalized spacial score (nSPS) is 15.1. The van der Waals surface area contributed by atoms with Gasteiger partial charge in [-0.1, -0.05) is 31.5 Å². The number of aryl methyl sites for hydroxylation is 2. The highest BCUT2D eigenvalue weighted by molar-refractivity contribution is 7.93. The molecule has 0 bridgehead atoms. The topological polar surface area (TPSA) is 65.1 Å². The number of rotatable bonds is 9. The van der Waals surface area contributed by atoms with Crippen molar-refractivity contribution in [2.24, 2.45) is 11.8 Å². The molecule has 0 saturated carbocycles. The molecule has 1 heterocycles. The Bertz CT molecular complexity index is 1010. The summed E-state index contributed by atoms with van der Waals surface area (Å²) in [6.07, 6.45) is 1.95. The summed E-state index contributed by atoms with van der Waals surface area (Å²) in [6.45, 7) is 10.4. The van der Waals surface area contributed by atoms with Crippen LogP contribution in [-0.4, -0.2) is 41.9 Å². The molecule has 0 spiro atoms. The predicted molar refractivity (Wildman–Crippen MR) is 127 cm³/mol. The maximum Gasteiger partial charge on any atom is 0.268 e. The Morgan fingerprint density at radius 1 is 1.09 bits per heavy atom. The van der Waals surface area contributed by atoms with Gasteiger partial charge in [0.2, 0.25) is 0 Å². The minimum atomic E-state index is -3.84. The van der Waals surface area contributed by atoms with Gasteiger partial charge in [-0.15, -0.1) is 0 Å². The highest BCUT2D eigenvalue weighted by atomic mass is 32.2. The van der Waals surface area contributed by atoms with Gasteiger partial charge in [0.1, 0.15) is 16.4 Å². The first-order valence-corrected chi connectivity index (χ1v) is 12.6. The van der Waals surface area contributed by atoms with E-state index in [1.54, 1.807) is 18.2 Å². The molecular weight excluding hydrogens is 426 g/mol. The zero-order valence-corrected chi connectivity index (χ0v) is 20.6. The van der Waals surface area contributed by atoms with Gasteiger partial charge in [-0.25, -0.2) is 8.42 Å². The second-order valence-corrected chi connectivity index (χ2v) is 10.7. The van der Waals surface area contributed by atoms with Crippen LogP contribution in [0.15, 0.2) is 41.3 Å². The monoisotopic (exact) mass is 461 g/mol. The lowest BCUT2D eigenvalue weighted by Crippen LogP contribution is -2.35. The third-order valence-electron chi connectivity index (χ3n) is 5.68. The molecule has 0 aromatic heterocycles. The molecule has 1 aliphatic rings. The van der Waals surface area contributed by atoms with Gasteiger partial charge in [0.25, 0.3) is 10.0 Å². The summed E-state index contributed by atoms with van der Waals surface area (Å²) in [5, 5.41) is 0. The van der Waals surface area contributed by atoms with Gasteiger partial charge in [0.05, 0.1) is 19.4 Å². The molecule has 2 aromatic carbocycles. The smallest absolute Gasteiger partial charge is 0.268 e. The number of benzene rings is 2. The Kier molecular flexibility index (Phi) is 8.06. The number of ether oxygens (including phenoxy) is 3. The van der Waals surface area contributed by atoms with E-state index in [0.717, 1.165) is 37.2 Å². The molecule has 1 saturated heterocycles. The van der Waals surface area contributed by atoms with Gasteiger partial charge in [0.15, 0.2) is 0 Å². The van der Waals surface area contributed by atoms with E-state index < -0.39 is 10.0 Å². The van der Waals surface area contributed by atoms with Gasteiger partial charge in [-0.05, 0) is 62.3 Å². The van der Waals surface area contributed by atoms with E-state index in [2.05, 4.69) is 0 Å². The van der Waals surface area contributed by atoms with E-state index in [1.165, 1.54) is 11.4 Å². The molecule has 3 rings (SSSR count). The third kappa shape index (κ3) is 5.75. The van der Waals surface area contributed by atoms with Gasteiger partial charge in [0, 0.05) is 25.8 Å². The van der Waals surface area contributed by atoms with Crippen molar-refractivity contribution in [3.05, 3.63) is 47.5 Å². The van der Waals surface area contributed by atoms with Gasteiger partial charge < -0.3 is 14.2 Å². The number of hydrogen-bond acceptors (Lipinski definition) is 5. The quantitative estimate of drug-likeness (QED) is 0.528. The van der Waals surface area contributed by atoms with Crippen LogP contribution in [0.1, 0.15) is 37.8 Å². The Morgan fingerprint density at radius 2 is 1.81 bits per heavy atom. The first-order chi connectivity index (χ1) is 15.2. The van der Waals surface area contributed by atoms with E-state index >= 15 is 0 Å². The van der Waals surface area contributed by atoms with E-state index in [9.17, 15) is 8.42 Å². The molecule has 0 radical (unpaired) electrons. The largest absolute Gasteiger partial charge is 0.495 e. The number of anilines is 1. The van der Waals surface area contributed by atoms with Crippen LogP contribution in [0.3, 0.4) is 0 Å². The fourth-order valence-corrected chi connectivity index (χ4v) is 5.77. The Labute approximate surface area is 192 Å². The number of methoxy groups -OCH3 is 1. The minimum absolute atomic E-state index is 0.138. The van der Waals surface area contributed by atoms with E-state index in [-0.39, 0.29) is 16.6 Å². The van der Waals surface area contributed by atoms with Crippen molar-refractivity contribution < 1.29 is 22.6 Å². The van der Waals surface area contributed by atoms with Crippen LogP contribution in [0.5, 0.6) is 11.5 Å². The molecule has 7 heteroatoms. The minimum Gasteiger partial charge on any atom is -0.495 e. The maximum atomic E-state index is 13.8. The molecule has 2 aromatic rings. The highest BCUT2D eigenvalue weighted by Gasteiger charge is 2.30. The molecule has 6 nitrogen and oxygen atoms in total. The fourth-order valence-electron chi connectivity index (χ4n) is 3.94. The van der Waals surface area contributed by atoms with E-state index in [4.69, 9.17) is 14.2 Å². The van der Waals surface area contributed by atoms with Crippen molar-refractivity contribution in [3.8, 4) is 11.5 Å². The van der Waals surface area contributed by atoms with Crippen molar-refractivity contribution in [2.75, 3.05) is 37.8 Å². The predicted octanol–water partition coefficient (Wildman–Crippen LogP) is 4.97. The molecule has 0 aliphatic carbocycles. The van der Waals surface area contributed by atoms with Crippen LogP contribution in [0.25, 0.3) is 0 Å². The molecular formula is C25H35NO5S. The Balaban J connectivity index is 1.91. The second kappa shape index (κ2) is 10.6. The average Bonchev–Trinajstić information content (AvgIpc) is 2.76. The van der Waals surface area contributed by atoms with Crippen LogP contribution in [0.2, 0.25) is 0 Å². The van der Waals surface area contributed by atoms with E-state index in [0.29, 0.717) is 30.5 Å². The number of hydrogen-bond donors (Lipinski definition) is 0. The first kappa shape index (κ1) is 24.4. The van der Waals surface area contributed by atoms with E-state index in [1.807, 2.05) is 45.9 Å². The molecule has 1 aliphatic heterocycles. The average molecular weight is 462 g/mol. The Hall–Kier alpha value is -2.25. The van der Waals surface area contributed by atoms with Crippen LogP contribution in [0.4, 0.5) is 5.69 Å². The highest BCUT2D eigenvalue weighted by Crippen LogP contribution is 2.35. The summed E-state index contributed by atoms with van der Waals surface area (Å²) < 4.78 is 45.9. The van der Waals surface area contributed by atoms with Gasteiger partial charge in [-0.3, -0.25) is 4.31 Å².